The number of para-hydroxylation sites is 1. The number of hydrogen-bond donors (Lipinski definition) is 0. The van der Waals surface area contributed by atoms with Crippen LogP contribution < -0.4 is 9.64 Å². The molecule has 0 saturated carbocycles. The predicted molar refractivity (Wildman–Crippen MR) is 101 cm³/mol. The summed E-state index contributed by atoms with van der Waals surface area (Å²) < 4.78 is 29.6. The van der Waals surface area contributed by atoms with Crippen LogP contribution in [0.1, 0.15) is 10.4 Å². The Morgan fingerprint density at radius 1 is 1.25 bits per heavy atom. The highest BCUT2D eigenvalue weighted by atomic mass is 32.1. The normalized spacial score (nSPS) is 14.9. The number of hydrogen-bond acceptors (Lipinski definition) is 6. The zero-order chi connectivity index (χ0) is 20.1. The van der Waals surface area contributed by atoms with Crippen molar-refractivity contribution in [3.05, 3.63) is 41.4 Å². The zero-order valence-electron chi connectivity index (χ0n) is 15.3. The number of benzene rings is 1. The molecule has 7 nitrogen and oxygen atoms in total. The van der Waals surface area contributed by atoms with Crippen molar-refractivity contribution in [2.75, 3.05) is 44.7 Å². The molecular weight excluding hydrogens is 390 g/mol. The second-order valence-corrected chi connectivity index (χ2v) is 7.08. The smallest absolute Gasteiger partial charge is 0.387 e. The quantitative estimate of drug-likeness (QED) is 0.730. The maximum atomic E-state index is 12.7. The van der Waals surface area contributed by atoms with E-state index in [0.29, 0.717) is 31.3 Å². The summed E-state index contributed by atoms with van der Waals surface area (Å²) in [5.41, 5.74) is 0.107. The molecular formula is C18H20F2N4O3S. The molecule has 0 unspecified atom stereocenters. The largest absolute Gasteiger partial charge is 0.434 e. The minimum atomic E-state index is -2.99. The number of carbonyl (C=O) groups is 2. The van der Waals surface area contributed by atoms with Gasteiger partial charge in [-0.2, -0.15) is 8.78 Å². The first-order chi connectivity index (χ1) is 13.5. The Labute approximate surface area is 165 Å². The molecule has 0 aliphatic carbocycles. The van der Waals surface area contributed by atoms with Crippen molar-refractivity contribution < 1.29 is 23.1 Å². The third-order valence-electron chi connectivity index (χ3n) is 4.43. The number of ether oxygens (including phenoxy) is 1. The minimum Gasteiger partial charge on any atom is -0.434 e. The van der Waals surface area contributed by atoms with E-state index in [9.17, 15) is 18.4 Å². The van der Waals surface area contributed by atoms with Gasteiger partial charge in [0.1, 0.15) is 5.75 Å². The lowest BCUT2D eigenvalue weighted by Crippen LogP contribution is -2.51. The van der Waals surface area contributed by atoms with Crippen LogP contribution in [0.3, 0.4) is 0 Å². The first-order valence-corrected chi connectivity index (χ1v) is 9.55. The van der Waals surface area contributed by atoms with Crippen molar-refractivity contribution in [3.8, 4) is 5.75 Å². The third kappa shape index (κ3) is 4.82. The van der Waals surface area contributed by atoms with Crippen molar-refractivity contribution in [1.82, 2.24) is 14.8 Å². The molecule has 1 fully saturated rings. The number of thiazole rings is 1. The van der Waals surface area contributed by atoms with E-state index in [2.05, 4.69) is 9.72 Å². The Morgan fingerprint density at radius 3 is 2.61 bits per heavy atom. The molecule has 2 amide bonds. The van der Waals surface area contributed by atoms with E-state index in [1.54, 1.807) is 29.6 Å². The molecule has 0 atom stereocenters. The minimum absolute atomic E-state index is 0.0783. The van der Waals surface area contributed by atoms with E-state index in [0.717, 1.165) is 0 Å². The van der Waals surface area contributed by atoms with Crippen molar-refractivity contribution in [2.45, 2.75) is 6.61 Å². The van der Waals surface area contributed by atoms with Gasteiger partial charge in [-0.05, 0) is 12.1 Å². The first kappa shape index (κ1) is 20.2. The average molecular weight is 410 g/mol. The van der Waals surface area contributed by atoms with Gasteiger partial charge in [0.15, 0.2) is 5.13 Å². The van der Waals surface area contributed by atoms with Crippen LogP contribution in [0.25, 0.3) is 0 Å². The number of halogens is 2. The SMILES string of the molecule is CN(C(=O)CN1CCN(C(=O)c2ccccc2OC(F)F)CC1)c1nccs1. The fourth-order valence-corrected chi connectivity index (χ4v) is 3.53. The molecule has 3 rings (SSSR count). The topological polar surface area (TPSA) is 66.0 Å². The van der Waals surface area contributed by atoms with E-state index < -0.39 is 6.61 Å². The van der Waals surface area contributed by atoms with E-state index in [1.165, 1.54) is 34.4 Å². The van der Waals surface area contributed by atoms with Gasteiger partial charge >= 0.3 is 6.61 Å². The number of alkyl halides is 2. The number of likely N-dealkylation sites (N-methyl/N-ethyl adjacent to an activating group) is 1. The van der Waals surface area contributed by atoms with Crippen LogP contribution in [0, 0.1) is 0 Å². The molecule has 1 aromatic carbocycles. The monoisotopic (exact) mass is 410 g/mol. The highest BCUT2D eigenvalue weighted by Crippen LogP contribution is 2.22. The Hall–Kier alpha value is -2.59. The molecule has 1 aliphatic heterocycles. The summed E-state index contributed by atoms with van der Waals surface area (Å²) in [7, 11) is 1.68. The molecule has 0 N–H and O–H groups in total. The molecule has 1 aromatic heterocycles. The number of carbonyl (C=O) groups excluding carboxylic acids is 2. The van der Waals surface area contributed by atoms with Gasteiger partial charge in [0.25, 0.3) is 5.91 Å². The summed E-state index contributed by atoms with van der Waals surface area (Å²) in [6, 6.07) is 5.97. The summed E-state index contributed by atoms with van der Waals surface area (Å²) in [6.45, 7) is -0.941. The fourth-order valence-electron chi connectivity index (χ4n) is 2.91. The van der Waals surface area contributed by atoms with Gasteiger partial charge in [-0.15, -0.1) is 11.3 Å². The fraction of sp³-hybridized carbons (Fsp3) is 0.389. The van der Waals surface area contributed by atoms with Crippen molar-refractivity contribution in [3.63, 3.8) is 0 Å². The average Bonchev–Trinajstić information content (AvgIpc) is 3.22. The van der Waals surface area contributed by atoms with Crippen molar-refractivity contribution in [2.24, 2.45) is 0 Å². The molecule has 0 radical (unpaired) electrons. The lowest BCUT2D eigenvalue weighted by atomic mass is 10.1. The van der Waals surface area contributed by atoms with Gasteiger partial charge in [0.05, 0.1) is 12.1 Å². The van der Waals surface area contributed by atoms with Crippen LogP contribution in [-0.4, -0.2) is 73.0 Å². The third-order valence-corrected chi connectivity index (χ3v) is 5.28. The van der Waals surface area contributed by atoms with Gasteiger partial charge in [-0.3, -0.25) is 19.4 Å². The van der Waals surface area contributed by atoms with E-state index >= 15 is 0 Å². The molecule has 28 heavy (non-hydrogen) atoms. The van der Waals surface area contributed by atoms with Gasteiger partial charge < -0.3 is 9.64 Å². The summed E-state index contributed by atoms with van der Waals surface area (Å²) in [5.74, 6) is -0.572. The molecule has 1 saturated heterocycles. The number of piperazine rings is 1. The summed E-state index contributed by atoms with van der Waals surface area (Å²) in [6.07, 6.45) is 1.64. The summed E-state index contributed by atoms with van der Waals surface area (Å²) in [4.78, 5) is 34.2. The van der Waals surface area contributed by atoms with Crippen molar-refractivity contribution in [1.29, 1.82) is 0 Å². The maximum Gasteiger partial charge on any atom is 0.387 e. The molecule has 2 heterocycles. The summed E-state index contributed by atoms with van der Waals surface area (Å²) >= 11 is 1.39. The van der Waals surface area contributed by atoms with Crippen LogP contribution >= 0.6 is 11.3 Å². The van der Waals surface area contributed by atoms with E-state index in [1.807, 2.05) is 4.90 Å². The second kappa shape index (κ2) is 9.07. The van der Waals surface area contributed by atoms with Gasteiger partial charge in [0, 0.05) is 44.8 Å². The van der Waals surface area contributed by atoms with E-state index in [4.69, 9.17) is 0 Å². The van der Waals surface area contributed by atoms with Crippen LogP contribution in [0.5, 0.6) is 5.75 Å². The molecule has 150 valence electrons. The van der Waals surface area contributed by atoms with Crippen LogP contribution in [0.2, 0.25) is 0 Å². The maximum absolute atomic E-state index is 12.7. The van der Waals surface area contributed by atoms with Crippen LogP contribution in [-0.2, 0) is 4.79 Å². The first-order valence-electron chi connectivity index (χ1n) is 8.67. The standard InChI is InChI=1S/C18H20F2N4O3S/c1-22(18-21-6-11-28-18)15(25)12-23-7-9-24(10-8-23)16(26)13-4-2-3-5-14(13)27-17(19)20/h2-6,11,17H,7-10,12H2,1H3. The van der Waals surface area contributed by atoms with Crippen LogP contribution in [0.15, 0.2) is 35.8 Å². The lowest BCUT2D eigenvalue weighted by molar-refractivity contribution is -0.119. The molecule has 0 spiro atoms. The Morgan fingerprint density at radius 2 is 1.96 bits per heavy atom. The van der Waals surface area contributed by atoms with Crippen LogP contribution in [0.4, 0.5) is 13.9 Å². The molecule has 10 heteroatoms. The number of rotatable bonds is 6. The second-order valence-electron chi connectivity index (χ2n) is 6.21. The highest BCUT2D eigenvalue weighted by molar-refractivity contribution is 7.13. The number of aromatic nitrogens is 1. The zero-order valence-corrected chi connectivity index (χ0v) is 16.1. The number of nitrogens with zero attached hydrogens (tertiary/aromatic N) is 4. The molecule has 1 aliphatic rings. The van der Waals surface area contributed by atoms with Crippen molar-refractivity contribution >= 4 is 28.3 Å². The van der Waals surface area contributed by atoms with Gasteiger partial charge in [-0.1, -0.05) is 12.1 Å². The Bertz CT molecular complexity index is 811. The molecule has 0 bridgehead atoms. The highest BCUT2D eigenvalue weighted by Gasteiger charge is 2.26. The lowest BCUT2D eigenvalue weighted by Gasteiger charge is -2.35. The Balaban J connectivity index is 1.55. The summed E-state index contributed by atoms with van der Waals surface area (Å²) in [5, 5.41) is 2.44. The molecule has 2 aromatic rings. The van der Waals surface area contributed by atoms with Gasteiger partial charge in [-0.25, -0.2) is 4.98 Å². The number of amides is 2. The van der Waals surface area contributed by atoms with Gasteiger partial charge in [0.2, 0.25) is 5.91 Å². The predicted octanol–water partition coefficient (Wildman–Crippen LogP) is 2.17. The van der Waals surface area contributed by atoms with E-state index in [-0.39, 0.29) is 29.7 Å². The Kier molecular flexibility index (Phi) is 6.53. The number of anilines is 1.